The monoisotopic (exact) mass is 392 g/mol. The maximum absolute atomic E-state index is 9.48. The van der Waals surface area contributed by atoms with E-state index in [4.69, 9.17) is 9.97 Å². The van der Waals surface area contributed by atoms with E-state index in [-0.39, 0.29) is 6.04 Å². The van der Waals surface area contributed by atoms with Crippen molar-refractivity contribution >= 4 is 11.2 Å². The predicted molar refractivity (Wildman–Crippen MR) is 119 cm³/mol. The number of imidazole rings is 1. The fourth-order valence-electron chi connectivity index (χ4n) is 4.94. The molecule has 2 heterocycles. The Hall–Kier alpha value is -3.45. The molecular formula is C26H24N4. The Morgan fingerprint density at radius 3 is 2.73 bits per heavy atom. The summed E-state index contributed by atoms with van der Waals surface area (Å²) in [5.74, 6) is 1.10. The van der Waals surface area contributed by atoms with Crippen LogP contribution in [0.5, 0.6) is 0 Å². The van der Waals surface area contributed by atoms with Crippen molar-refractivity contribution in [3.8, 4) is 17.2 Å². The van der Waals surface area contributed by atoms with Gasteiger partial charge in [-0.15, -0.1) is 0 Å². The summed E-state index contributed by atoms with van der Waals surface area (Å²) in [5.41, 5.74) is 9.84. The Morgan fingerprint density at radius 1 is 1.10 bits per heavy atom. The second kappa shape index (κ2) is 7.11. The van der Waals surface area contributed by atoms with Gasteiger partial charge in [0.15, 0.2) is 5.65 Å². The highest BCUT2D eigenvalue weighted by Crippen LogP contribution is 2.40. The topological polar surface area (TPSA) is 54.5 Å². The summed E-state index contributed by atoms with van der Waals surface area (Å²) in [5, 5.41) is 9.48. The molecule has 0 fully saturated rings. The van der Waals surface area contributed by atoms with Crippen molar-refractivity contribution in [1.82, 2.24) is 14.5 Å². The molecule has 4 heteroatoms. The summed E-state index contributed by atoms with van der Waals surface area (Å²) in [7, 11) is 0. The number of nitriles is 1. The molecule has 4 nitrogen and oxygen atoms in total. The molecule has 0 amide bonds. The molecule has 1 aliphatic rings. The van der Waals surface area contributed by atoms with E-state index in [1.165, 1.54) is 16.7 Å². The molecule has 1 aliphatic carbocycles. The maximum Gasteiger partial charge on any atom is 0.178 e. The minimum Gasteiger partial charge on any atom is -0.319 e. The van der Waals surface area contributed by atoms with Gasteiger partial charge in [0.2, 0.25) is 0 Å². The van der Waals surface area contributed by atoms with Crippen molar-refractivity contribution in [3.63, 3.8) is 0 Å². The van der Waals surface area contributed by atoms with Crippen LogP contribution in [0.25, 0.3) is 22.3 Å². The Balaban J connectivity index is 1.64. The third kappa shape index (κ3) is 2.81. The molecule has 0 spiro atoms. The number of hydrogen-bond acceptors (Lipinski definition) is 3. The third-order valence-electron chi connectivity index (χ3n) is 6.22. The molecule has 0 saturated carbocycles. The number of aromatic nitrogens is 3. The Morgan fingerprint density at radius 2 is 1.93 bits per heavy atom. The van der Waals surface area contributed by atoms with Crippen molar-refractivity contribution in [2.75, 3.05) is 0 Å². The summed E-state index contributed by atoms with van der Waals surface area (Å²) in [6, 6.07) is 19.3. The van der Waals surface area contributed by atoms with Gasteiger partial charge >= 0.3 is 0 Å². The van der Waals surface area contributed by atoms with Crippen LogP contribution in [0, 0.1) is 25.2 Å². The highest BCUT2D eigenvalue weighted by molar-refractivity contribution is 5.77. The van der Waals surface area contributed by atoms with Gasteiger partial charge in [0, 0.05) is 12.1 Å². The fraction of sp³-hybridized carbons (Fsp3) is 0.269. The number of nitrogens with zero attached hydrogens (tertiary/aromatic N) is 4. The molecule has 5 rings (SSSR count). The van der Waals surface area contributed by atoms with Crippen LogP contribution in [0.3, 0.4) is 0 Å². The van der Waals surface area contributed by atoms with Gasteiger partial charge in [-0.2, -0.15) is 5.26 Å². The van der Waals surface area contributed by atoms with Gasteiger partial charge in [0.1, 0.15) is 5.82 Å². The first-order valence-electron chi connectivity index (χ1n) is 10.6. The van der Waals surface area contributed by atoms with Crippen molar-refractivity contribution in [2.24, 2.45) is 0 Å². The first kappa shape index (κ1) is 18.6. The number of rotatable bonds is 3. The molecule has 2 aromatic heterocycles. The highest BCUT2D eigenvalue weighted by Gasteiger charge is 2.28. The lowest BCUT2D eigenvalue weighted by atomic mass is 9.96. The molecule has 0 saturated heterocycles. The lowest BCUT2D eigenvalue weighted by Gasteiger charge is -2.19. The van der Waals surface area contributed by atoms with E-state index >= 15 is 0 Å². The number of fused-ring (bicyclic) bond motifs is 2. The Bertz CT molecular complexity index is 1320. The second-order valence-electron chi connectivity index (χ2n) is 8.13. The fourth-order valence-corrected chi connectivity index (χ4v) is 4.94. The van der Waals surface area contributed by atoms with E-state index in [9.17, 15) is 5.26 Å². The Kier molecular flexibility index (Phi) is 4.40. The van der Waals surface area contributed by atoms with Crippen molar-refractivity contribution in [3.05, 3.63) is 82.3 Å². The molecule has 0 N–H and O–H groups in total. The molecule has 0 aliphatic heterocycles. The Labute approximate surface area is 176 Å². The molecule has 2 aromatic carbocycles. The zero-order valence-electron chi connectivity index (χ0n) is 17.6. The number of hydrogen-bond donors (Lipinski definition) is 0. The van der Waals surface area contributed by atoms with E-state index < -0.39 is 0 Å². The summed E-state index contributed by atoms with van der Waals surface area (Å²) in [6.45, 7) is 6.35. The average Bonchev–Trinajstić information content (AvgIpc) is 3.33. The van der Waals surface area contributed by atoms with Gasteiger partial charge in [-0.3, -0.25) is 0 Å². The molecule has 30 heavy (non-hydrogen) atoms. The van der Waals surface area contributed by atoms with Crippen LogP contribution in [0.1, 0.15) is 53.2 Å². The normalized spacial score (nSPS) is 15.3. The van der Waals surface area contributed by atoms with Gasteiger partial charge in [-0.05, 0) is 66.6 Å². The van der Waals surface area contributed by atoms with Gasteiger partial charge in [0.25, 0.3) is 0 Å². The van der Waals surface area contributed by atoms with E-state index in [0.717, 1.165) is 58.6 Å². The van der Waals surface area contributed by atoms with Crippen LogP contribution in [-0.2, 0) is 12.8 Å². The van der Waals surface area contributed by atoms with E-state index in [1.807, 2.05) is 31.2 Å². The van der Waals surface area contributed by atoms with Crippen LogP contribution in [-0.4, -0.2) is 14.5 Å². The van der Waals surface area contributed by atoms with Gasteiger partial charge < -0.3 is 4.57 Å². The number of benzene rings is 2. The van der Waals surface area contributed by atoms with Crippen molar-refractivity contribution in [1.29, 1.82) is 5.26 Å². The smallest absolute Gasteiger partial charge is 0.178 e. The van der Waals surface area contributed by atoms with Crippen LogP contribution in [0.15, 0.2) is 48.5 Å². The van der Waals surface area contributed by atoms with Crippen LogP contribution in [0.4, 0.5) is 0 Å². The summed E-state index contributed by atoms with van der Waals surface area (Å²) >= 11 is 0. The zero-order chi connectivity index (χ0) is 20.8. The van der Waals surface area contributed by atoms with Gasteiger partial charge in [-0.1, -0.05) is 43.3 Å². The molecule has 4 aromatic rings. The van der Waals surface area contributed by atoms with E-state index in [1.54, 1.807) is 0 Å². The summed E-state index contributed by atoms with van der Waals surface area (Å²) in [6.07, 6.45) is 2.97. The van der Waals surface area contributed by atoms with Crippen molar-refractivity contribution in [2.45, 2.75) is 46.1 Å². The predicted octanol–water partition coefficient (Wildman–Crippen LogP) is 5.68. The summed E-state index contributed by atoms with van der Waals surface area (Å²) < 4.78 is 2.42. The van der Waals surface area contributed by atoms with Crippen molar-refractivity contribution < 1.29 is 0 Å². The standard InChI is InChI=1S/C26H24N4/c1-4-24-29-26-25(16(2)13-17(3)28-26)30(24)23-12-10-19-14-18(9-11-22(19)23)21-8-6-5-7-20(21)15-27/h5-9,11,13-14,23H,4,10,12H2,1-3H3. The molecule has 148 valence electrons. The molecule has 1 atom stereocenters. The van der Waals surface area contributed by atoms with Gasteiger partial charge in [0.05, 0.1) is 23.2 Å². The van der Waals surface area contributed by atoms with E-state index in [0.29, 0.717) is 0 Å². The molecule has 1 unspecified atom stereocenters. The zero-order valence-corrected chi connectivity index (χ0v) is 17.6. The third-order valence-corrected chi connectivity index (χ3v) is 6.22. The summed E-state index contributed by atoms with van der Waals surface area (Å²) in [4.78, 5) is 9.58. The van der Waals surface area contributed by atoms with Crippen LogP contribution >= 0.6 is 0 Å². The highest BCUT2D eigenvalue weighted by atomic mass is 15.1. The quantitative estimate of drug-likeness (QED) is 0.450. The first-order valence-corrected chi connectivity index (χ1v) is 10.6. The minimum absolute atomic E-state index is 0.281. The minimum atomic E-state index is 0.281. The van der Waals surface area contributed by atoms with Crippen LogP contribution < -0.4 is 0 Å². The van der Waals surface area contributed by atoms with Crippen LogP contribution in [0.2, 0.25) is 0 Å². The second-order valence-corrected chi connectivity index (χ2v) is 8.13. The average molecular weight is 393 g/mol. The molecule has 0 radical (unpaired) electrons. The number of aryl methyl sites for hydroxylation is 4. The SMILES string of the molecule is CCc1nc2nc(C)cc(C)c2n1C1CCc2cc(-c3ccccc3C#N)ccc21. The molecular weight excluding hydrogens is 368 g/mol. The molecule has 0 bridgehead atoms. The number of pyridine rings is 1. The lowest BCUT2D eigenvalue weighted by molar-refractivity contribution is 0.570. The van der Waals surface area contributed by atoms with Gasteiger partial charge in [-0.25, -0.2) is 9.97 Å². The lowest BCUT2D eigenvalue weighted by Crippen LogP contribution is -2.11. The first-order chi connectivity index (χ1) is 14.6. The maximum atomic E-state index is 9.48. The van der Waals surface area contributed by atoms with E-state index in [2.05, 4.69) is 48.7 Å². The largest absolute Gasteiger partial charge is 0.319 e.